The third kappa shape index (κ3) is 4.56. The molecule has 6 rings (SSSR count). The zero-order valence-corrected chi connectivity index (χ0v) is 22.4. The Morgan fingerprint density at radius 2 is 1.88 bits per heavy atom. The molecule has 0 bridgehead atoms. The number of fused-ring (bicyclic) bond motifs is 2. The van der Waals surface area contributed by atoms with Crippen molar-refractivity contribution in [2.75, 3.05) is 5.73 Å². The first-order valence-electron chi connectivity index (χ1n) is 12.0. The van der Waals surface area contributed by atoms with Gasteiger partial charge in [-0.15, -0.1) is 11.3 Å². The van der Waals surface area contributed by atoms with E-state index in [1.807, 2.05) is 0 Å². The number of anilines is 1. The lowest BCUT2D eigenvalue weighted by Gasteiger charge is -2.18. The van der Waals surface area contributed by atoms with E-state index in [1.165, 1.54) is 51.0 Å². The van der Waals surface area contributed by atoms with Crippen LogP contribution in [0.25, 0.3) is 38.2 Å². The molecule has 2 aromatic carbocycles. The van der Waals surface area contributed by atoms with Crippen LogP contribution in [0.3, 0.4) is 0 Å². The second-order valence-electron chi connectivity index (χ2n) is 8.97. The first-order chi connectivity index (χ1) is 19.6. The van der Waals surface area contributed by atoms with Gasteiger partial charge in [-0.2, -0.15) is 13.9 Å². The molecule has 2 N–H and O–H groups in total. The Balaban J connectivity index is 1.59. The number of hydrogen-bond donors (Lipinski definition) is 1. The molecule has 0 unspecified atom stereocenters. The van der Waals surface area contributed by atoms with Crippen LogP contribution in [0.4, 0.5) is 23.4 Å². The van der Waals surface area contributed by atoms with E-state index in [-0.39, 0.29) is 38.8 Å². The summed E-state index contributed by atoms with van der Waals surface area (Å²) in [6.45, 7) is -1.44. The summed E-state index contributed by atoms with van der Waals surface area (Å²) in [5, 5.41) is 6.78. The van der Waals surface area contributed by atoms with Crippen LogP contribution in [0.2, 0.25) is 5.15 Å². The zero-order valence-electron chi connectivity index (χ0n) is 20.9. The summed E-state index contributed by atoms with van der Waals surface area (Å²) in [5.74, 6) is -2.15. The van der Waals surface area contributed by atoms with Crippen LogP contribution < -0.4 is 16.0 Å². The van der Waals surface area contributed by atoms with Crippen LogP contribution in [0.1, 0.15) is 18.5 Å². The molecule has 8 nitrogen and oxygen atoms in total. The molecule has 0 radical (unpaired) electrons. The minimum Gasteiger partial charge on any atom is -0.432 e. The standard InChI is InChI=1S/C27H17ClF4N6O2S/c1-12(16-9-20-37(19(28)10-41-20)26(39)21(16)13-3-2-4-15(29)7-13)38-25-22(24(33)34-11-35-25)23(36-38)14-5-6-18(17(30)8-14)40-27(31)32/h2-12,27H,1H3,(H2,33,34,35)/t12-/m0/s1. The number of hydrogen-bond acceptors (Lipinski definition) is 7. The van der Waals surface area contributed by atoms with Gasteiger partial charge in [0.2, 0.25) is 0 Å². The number of thiazole rings is 1. The summed E-state index contributed by atoms with van der Waals surface area (Å²) in [4.78, 5) is 22.7. The Kier molecular flexibility index (Phi) is 6.62. The van der Waals surface area contributed by atoms with Gasteiger partial charge in [0.05, 0.1) is 17.0 Å². The van der Waals surface area contributed by atoms with Gasteiger partial charge in [-0.25, -0.2) is 23.4 Å². The van der Waals surface area contributed by atoms with Crippen molar-refractivity contribution in [3.63, 3.8) is 0 Å². The monoisotopic (exact) mass is 600 g/mol. The van der Waals surface area contributed by atoms with E-state index < -0.39 is 35.6 Å². The zero-order chi connectivity index (χ0) is 29.0. The molecule has 0 saturated heterocycles. The maximum Gasteiger partial charge on any atom is 0.387 e. The lowest BCUT2D eigenvalue weighted by atomic mass is 9.97. The number of pyridine rings is 1. The maximum absolute atomic E-state index is 14.7. The van der Waals surface area contributed by atoms with Gasteiger partial charge < -0.3 is 10.5 Å². The predicted octanol–water partition coefficient (Wildman–Crippen LogP) is 6.56. The molecule has 0 amide bonds. The first-order valence-corrected chi connectivity index (χ1v) is 13.2. The topological polar surface area (TPSA) is 100 Å². The van der Waals surface area contributed by atoms with Crippen molar-refractivity contribution in [3.8, 4) is 28.1 Å². The molecule has 208 valence electrons. The van der Waals surface area contributed by atoms with Crippen molar-refractivity contribution in [2.45, 2.75) is 19.6 Å². The van der Waals surface area contributed by atoms with Gasteiger partial charge in [-0.05, 0) is 54.4 Å². The molecule has 6 aromatic rings. The third-order valence-electron chi connectivity index (χ3n) is 6.57. The minimum atomic E-state index is -3.20. The summed E-state index contributed by atoms with van der Waals surface area (Å²) < 4.78 is 61.3. The fourth-order valence-corrected chi connectivity index (χ4v) is 5.92. The van der Waals surface area contributed by atoms with E-state index in [1.54, 1.807) is 24.4 Å². The van der Waals surface area contributed by atoms with Crippen molar-refractivity contribution in [1.29, 1.82) is 0 Å². The highest BCUT2D eigenvalue weighted by molar-refractivity contribution is 7.16. The summed E-state index contributed by atoms with van der Waals surface area (Å²) in [7, 11) is 0. The van der Waals surface area contributed by atoms with Crippen LogP contribution in [-0.4, -0.2) is 30.8 Å². The lowest BCUT2D eigenvalue weighted by Crippen LogP contribution is -2.20. The average Bonchev–Trinajstić information content (AvgIpc) is 3.51. The van der Waals surface area contributed by atoms with Crippen molar-refractivity contribution < 1.29 is 22.3 Å². The third-order valence-corrected chi connectivity index (χ3v) is 7.86. The quantitative estimate of drug-likeness (QED) is 0.217. The van der Waals surface area contributed by atoms with Crippen molar-refractivity contribution >= 4 is 44.6 Å². The lowest BCUT2D eigenvalue weighted by molar-refractivity contribution is -0.0521. The van der Waals surface area contributed by atoms with Crippen LogP contribution in [0, 0.1) is 11.6 Å². The molecule has 0 saturated carbocycles. The second-order valence-corrected chi connectivity index (χ2v) is 10.2. The summed E-state index contributed by atoms with van der Waals surface area (Å²) in [6.07, 6.45) is 1.23. The van der Waals surface area contributed by atoms with Crippen LogP contribution in [0.15, 0.2) is 65.0 Å². The molecular weight excluding hydrogens is 584 g/mol. The van der Waals surface area contributed by atoms with E-state index in [4.69, 9.17) is 17.3 Å². The normalized spacial score (nSPS) is 12.5. The van der Waals surface area contributed by atoms with Crippen molar-refractivity contribution in [3.05, 3.63) is 92.9 Å². The Morgan fingerprint density at radius 1 is 1.07 bits per heavy atom. The largest absolute Gasteiger partial charge is 0.432 e. The predicted molar refractivity (Wildman–Crippen MR) is 148 cm³/mol. The summed E-state index contributed by atoms with van der Waals surface area (Å²) >= 11 is 7.56. The van der Waals surface area contributed by atoms with Gasteiger partial charge in [-0.3, -0.25) is 9.20 Å². The average molecular weight is 601 g/mol. The smallest absolute Gasteiger partial charge is 0.387 e. The SMILES string of the molecule is C[C@@H](c1cc2scc(Cl)n2c(=O)c1-c1cccc(F)c1)n1nc(-c2ccc(OC(F)F)c(F)c2)c2c(N)ncnc21. The number of aromatic nitrogens is 5. The van der Waals surface area contributed by atoms with E-state index in [0.29, 0.717) is 16.0 Å². The van der Waals surface area contributed by atoms with Gasteiger partial charge in [-0.1, -0.05) is 23.7 Å². The number of rotatable bonds is 6. The molecule has 41 heavy (non-hydrogen) atoms. The molecule has 0 spiro atoms. The maximum atomic E-state index is 14.7. The van der Waals surface area contributed by atoms with Gasteiger partial charge in [0.15, 0.2) is 17.2 Å². The molecule has 4 aromatic heterocycles. The van der Waals surface area contributed by atoms with E-state index >= 15 is 0 Å². The van der Waals surface area contributed by atoms with Crippen LogP contribution in [-0.2, 0) is 0 Å². The van der Waals surface area contributed by atoms with E-state index in [2.05, 4.69) is 19.8 Å². The molecule has 1 atom stereocenters. The highest BCUT2D eigenvalue weighted by atomic mass is 35.5. The fraction of sp³-hybridized carbons (Fsp3) is 0.111. The Bertz CT molecular complexity index is 2030. The number of halogens is 5. The molecular formula is C27H17ClF4N6O2S. The number of alkyl halides is 2. The molecule has 0 aliphatic carbocycles. The Morgan fingerprint density at radius 3 is 2.61 bits per heavy atom. The number of ether oxygens (including phenoxy) is 1. The molecule has 0 aliphatic rings. The minimum absolute atomic E-state index is 0.0441. The highest BCUT2D eigenvalue weighted by Crippen LogP contribution is 2.37. The van der Waals surface area contributed by atoms with Crippen LogP contribution >= 0.6 is 22.9 Å². The van der Waals surface area contributed by atoms with E-state index in [9.17, 15) is 22.4 Å². The Hall–Kier alpha value is -4.49. The van der Waals surface area contributed by atoms with Gasteiger partial charge in [0.1, 0.15) is 33.6 Å². The Labute approximate surface area is 237 Å². The molecule has 4 heterocycles. The van der Waals surface area contributed by atoms with Gasteiger partial charge in [0, 0.05) is 10.9 Å². The van der Waals surface area contributed by atoms with Crippen molar-refractivity contribution in [2.24, 2.45) is 0 Å². The molecule has 0 fully saturated rings. The fourth-order valence-electron chi connectivity index (χ4n) is 4.76. The van der Waals surface area contributed by atoms with Gasteiger partial charge in [0.25, 0.3) is 5.56 Å². The summed E-state index contributed by atoms with van der Waals surface area (Å²) in [5.41, 5.74) is 7.39. The molecule has 14 heteroatoms. The number of nitrogens with zero attached hydrogens (tertiary/aromatic N) is 5. The second kappa shape index (κ2) is 10.2. The number of benzene rings is 2. The van der Waals surface area contributed by atoms with Gasteiger partial charge >= 0.3 is 6.61 Å². The first kappa shape index (κ1) is 26.7. The summed E-state index contributed by atoms with van der Waals surface area (Å²) in [6, 6.07) is 10.1. The number of nitrogens with two attached hydrogens (primary N) is 1. The van der Waals surface area contributed by atoms with Crippen LogP contribution in [0.5, 0.6) is 5.75 Å². The van der Waals surface area contributed by atoms with E-state index in [0.717, 1.165) is 12.1 Å². The highest BCUT2D eigenvalue weighted by Gasteiger charge is 2.26. The van der Waals surface area contributed by atoms with Crippen molar-refractivity contribution in [1.82, 2.24) is 24.1 Å². The molecule has 0 aliphatic heterocycles. The number of nitrogen functional groups attached to an aromatic ring is 1.